The highest BCUT2D eigenvalue weighted by atomic mass is 79.9. The van der Waals surface area contributed by atoms with Gasteiger partial charge in [-0.1, -0.05) is 43.8 Å². The van der Waals surface area contributed by atoms with Crippen LogP contribution in [-0.4, -0.2) is 16.2 Å². The summed E-state index contributed by atoms with van der Waals surface area (Å²) in [6.45, 7) is -0.404. The molecule has 3 aromatic rings. The van der Waals surface area contributed by atoms with E-state index in [1.807, 2.05) is 30.3 Å². The number of nitrogens with zero attached hydrogens (tertiary/aromatic N) is 2. The van der Waals surface area contributed by atoms with Crippen molar-refractivity contribution in [1.29, 1.82) is 0 Å². The summed E-state index contributed by atoms with van der Waals surface area (Å²) in [6, 6.07) is 12.1. The normalized spacial score (nSPS) is 11.7. The first-order chi connectivity index (χ1) is 13.9. The molecule has 0 aliphatic rings. The number of rotatable bonds is 7. The third-order valence-corrected chi connectivity index (χ3v) is 4.96. The second-order valence-corrected chi connectivity index (χ2v) is 7.14. The summed E-state index contributed by atoms with van der Waals surface area (Å²) in [5.74, 6) is -1.54. The Morgan fingerprint density at radius 3 is 2.30 bits per heavy atom. The van der Waals surface area contributed by atoms with E-state index in [4.69, 9.17) is 4.84 Å². The average molecular weight is 482 g/mol. The third kappa shape index (κ3) is 5.10. The van der Waals surface area contributed by atoms with Crippen LogP contribution in [-0.2, 0) is 17.9 Å². The van der Waals surface area contributed by atoms with E-state index in [1.165, 1.54) is 19.4 Å². The molecule has 2 aromatic carbocycles. The SMILES string of the molecule is C.CONC(Cn1c(=O)c(Br)cn(Cc2c(F)cccc2F)c1=O)c1ccccc1. The summed E-state index contributed by atoms with van der Waals surface area (Å²) in [5, 5.41) is 0. The Hall–Kier alpha value is -2.62. The van der Waals surface area contributed by atoms with E-state index in [9.17, 15) is 18.4 Å². The minimum atomic E-state index is -0.769. The maximum atomic E-state index is 14.0. The van der Waals surface area contributed by atoms with E-state index < -0.39 is 28.9 Å². The molecular formula is C21H22BrF2N3O3. The maximum absolute atomic E-state index is 14.0. The lowest BCUT2D eigenvalue weighted by molar-refractivity contribution is 0.0541. The fourth-order valence-electron chi connectivity index (χ4n) is 2.97. The Balaban J connectivity index is 0.00000320. The molecule has 160 valence electrons. The number of benzene rings is 2. The Kier molecular flexibility index (Phi) is 8.22. The maximum Gasteiger partial charge on any atom is 0.331 e. The highest BCUT2D eigenvalue weighted by Gasteiger charge is 2.18. The zero-order chi connectivity index (χ0) is 21.0. The molecule has 1 aromatic heterocycles. The fourth-order valence-corrected chi connectivity index (χ4v) is 3.43. The standard InChI is InChI=1S/C20H18BrF2N3O3.CH4/c1-29-24-18(13-6-3-2-4-7-13)12-26-19(27)15(21)11-25(20(26)28)10-14-16(22)8-5-9-17(14)23;/h2-9,11,18,24H,10,12H2,1H3;1H4. The topological polar surface area (TPSA) is 65.3 Å². The molecule has 6 nitrogen and oxygen atoms in total. The van der Waals surface area contributed by atoms with Gasteiger partial charge in [-0.15, -0.1) is 0 Å². The van der Waals surface area contributed by atoms with E-state index in [1.54, 1.807) is 0 Å². The van der Waals surface area contributed by atoms with Crippen LogP contribution < -0.4 is 16.7 Å². The molecule has 0 spiro atoms. The number of hydrogen-bond acceptors (Lipinski definition) is 4. The Labute approximate surface area is 180 Å². The predicted octanol–water partition coefficient (Wildman–Crippen LogP) is 3.63. The van der Waals surface area contributed by atoms with Gasteiger partial charge in [0.2, 0.25) is 0 Å². The summed E-state index contributed by atoms with van der Waals surface area (Å²) >= 11 is 3.13. The number of hydrogen-bond donors (Lipinski definition) is 1. The summed E-state index contributed by atoms with van der Waals surface area (Å²) < 4.78 is 30.2. The molecule has 0 aliphatic heterocycles. The Morgan fingerprint density at radius 1 is 1.07 bits per heavy atom. The van der Waals surface area contributed by atoms with E-state index in [2.05, 4.69) is 21.4 Å². The molecule has 1 heterocycles. The van der Waals surface area contributed by atoms with Gasteiger partial charge in [0.25, 0.3) is 5.56 Å². The zero-order valence-electron chi connectivity index (χ0n) is 15.4. The number of hydroxylamine groups is 1. The van der Waals surface area contributed by atoms with Gasteiger partial charge in [0, 0.05) is 11.8 Å². The van der Waals surface area contributed by atoms with E-state index in [-0.39, 0.29) is 30.6 Å². The highest BCUT2D eigenvalue weighted by Crippen LogP contribution is 2.16. The van der Waals surface area contributed by atoms with Gasteiger partial charge in [0.05, 0.1) is 30.7 Å². The molecule has 0 saturated heterocycles. The predicted molar refractivity (Wildman–Crippen MR) is 114 cm³/mol. The molecule has 1 atom stereocenters. The van der Waals surface area contributed by atoms with Crippen molar-refractivity contribution in [2.75, 3.05) is 7.11 Å². The Bertz CT molecular complexity index is 1100. The minimum Gasteiger partial charge on any atom is -0.304 e. The second kappa shape index (κ2) is 10.4. The lowest BCUT2D eigenvalue weighted by atomic mass is 10.1. The number of nitrogens with one attached hydrogen (secondary N) is 1. The molecule has 0 radical (unpaired) electrons. The molecule has 0 fully saturated rings. The highest BCUT2D eigenvalue weighted by molar-refractivity contribution is 9.10. The van der Waals surface area contributed by atoms with Crippen molar-refractivity contribution in [2.45, 2.75) is 26.6 Å². The van der Waals surface area contributed by atoms with Crippen LogP contribution in [0.5, 0.6) is 0 Å². The van der Waals surface area contributed by atoms with Gasteiger partial charge >= 0.3 is 5.69 Å². The quantitative estimate of drug-likeness (QED) is 0.523. The molecule has 1 unspecified atom stereocenters. The molecular weight excluding hydrogens is 460 g/mol. The molecule has 9 heteroatoms. The summed E-state index contributed by atoms with van der Waals surface area (Å²) in [7, 11) is 1.43. The van der Waals surface area contributed by atoms with Crippen LogP contribution >= 0.6 is 15.9 Å². The van der Waals surface area contributed by atoms with Crippen molar-refractivity contribution in [3.05, 3.63) is 103 Å². The van der Waals surface area contributed by atoms with Gasteiger partial charge in [-0.2, -0.15) is 5.48 Å². The Morgan fingerprint density at radius 2 is 1.70 bits per heavy atom. The van der Waals surface area contributed by atoms with Crippen molar-refractivity contribution in [2.24, 2.45) is 0 Å². The zero-order valence-corrected chi connectivity index (χ0v) is 17.0. The van der Waals surface area contributed by atoms with Crippen LogP contribution in [0.2, 0.25) is 0 Å². The van der Waals surface area contributed by atoms with Crippen LogP contribution in [0.4, 0.5) is 8.78 Å². The van der Waals surface area contributed by atoms with Crippen LogP contribution in [0.15, 0.2) is 68.8 Å². The van der Waals surface area contributed by atoms with Crippen molar-refractivity contribution >= 4 is 15.9 Å². The van der Waals surface area contributed by atoms with Gasteiger partial charge in [-0.3, -0.25) is 13.9 Å². The van der Waals surface area contributed by atoms with Gasteiger partial charge in [0.1, 0.15) is 11.6 Å². The molecule has 0 saturated carbocycles. The van der Waals surface area contributed by atoms with E-state index in [0.29, 0.717) is 0 Å². The first-order valence-electron chi connectivity index (χ1n) is 8.68. The number of aromatic nitrogens is 2. The van der Waals surface area contributed by atoms with Crippen LogP contribution in [0.1, 0.15) is 24.6 Å². The monoisotopic (exact) mass is 481 g/mol. The van der Waals surface area contributed by atoms with Gasteiger partial charge in [0.15, 0.2) is 0 Å². The van der Waals surface area contributed by atoms with Crippen molar-refractivity contribution in [3.63, 3.8) is 0 Å². The van der Waals surface area contributed by atoms with E-state index in [0.717, 1.165) is 26.8 Å². The van der Waals surface area contributed by atoms with Crippen molar-refractivity contribution < 1.29 is 13.6 Å². The van der Waals surface area contributed by atoms with Gasteiger partial charge < -0.3 is 4.84 Å². The second-order valence-electron chi connectivity index (χ2n) is 6.29. The van der Waals surface area contributed by atoms with Crippen LogP contribution in [0.25, 0.3) is 0 Å². The molecule has 1 N–H and O–H groups in total. The largest absolute Gasteiger partial charge is 0.331 e. The van der Waals surface area contributed by atoms with Gasteiger partial charge in [-0.05, 0) is 33.6 Å². The van der Waals surface area contributed by atoms with E-state index >= 15 is 0 Å². The lowest BCUT2D eigenvalue weighted by Gasteiger charge is -2.19. The first-order valence-corrected chi connectivity index (χ1v) is 9.47. The molecule has 3 rings (SSSR count). The third-order valence-electron chi connectivity index (χ3n) is 4.41. The minimum absolute atomic E-state index is 0. The summed E-state index contributed by atoms with van der Waals surface area (Å²) in [4.78, 5) is 30.5. The average Bonchev–Trinajstić information content (AvgIpc) is 2.71. The smallest absolute Gasteiger partial charge is 0.304 e. The van der Waals surface area contributed by atoms with Crippen LogP contribution in [0.3, 0.4) is 0 Å². The molecule has 0 amide bonds. The first kappa shape index (κ1) is 23.7. The van der Waals surface area contributed by atoms with Crippen LogP contribution in [0, 0.1) is 11.6 Å². The summed E-state index contributed by atoms with van der Waals surface area (Å²) in [6.07, 6.45) is 1.23. The number of halogens is 3. The van der Waals surface area contributed by atoms with Gasteiger partial charge in [-0.25, -0.2) is 13.6 Å². The fraction of sp³-hybridized carbons (Fsp3) is 0.238. The molecule has 0 aliphatic carbocycles. The van der Waals surface area contributed by atoms with Crippen molar-refractivity contribution in [3.8, 4) is 0 Å². The summed E-state index contributed by atoms with van der Waals surface area (Å²) in [5.41, 5.74) is 2.05. The molecule has 30 heavy (non-hydrogen) atoms. The molecule has 0 bridgehead atoms. The lowest BCUT2D eigenvalue weighted by Crippen LogP contribution is -2.43. The van der Waals surface area contributed by atoms with Crippen molar-refractivity contribution in [1.82, 2.24) is 14.6 Å².